The van der Waals surface area contributed by atoms with Crippen molar-refractivity contribution in [3.63, 3.8) is 0 Å². The van der Waals surface area contributed by atoms with Gasteiger partial charge in [-0.15, -0.1) is 0 Å². The van der Waals surface area contributed by atoms with Crippen LogP contribution in [0.25, 0.3) is 0 Å². The van der Waals surface area contributed by atoms with Gasteiger partial charge in [-0.1, -0.05) is 0 Å². The van der Waals surface area contributed by atoms with Crippen LogP contribution in [-0.2, 0) is 0 Å². The van der Waals surface area contributed by atoms with Gasteiger partial charge >= 0.3 is 6.61 Å². The maximum atomic E-state index is 12.5. The van der Waals surface area contributed by atoms with E-state index < -0.39 is 12.4 Å². The first kappa shape index (κ1) is 9.63. The fraction of sp³-hybridized carbons (Fsp3) is 0.143. The summed E-state index contributed by atoms with van der Waals surface area (Å²) < 4.78 is 40.3. The van der Waals surface area contributed by atoms with Crippen LogP contribution in [-0.4, -0.2) is 6.61 Å². The lowest BCUT2D eigenvalue weighted by Crippen LogP contribution is -2.02. The van der Waals surface area contributed by atoms with Gasteiger partial charge in [0.2, 0.25) is 0 Å². The number of hydrogen-bond donors (Lipinski definition) is 0. The Morgan fingerprint density at radius 2 is 1.92 bits per heavy atom. The van der Waals surface area contributed by atoms with E-state index >= 15 is 0 Å². The van der Waals surface area contributed by atoms with E-state index in [1.165, 1.54) is 12.1 Å². The van der Waals surface area contributed by atoms with Crippen LogP contribution in [0.3, 0.4) is 0 Å². The predicted molar refractivity (Wildman–Crippen MR) is 45.7 cm³/mol. The van der Waals surface area contributed by atoms with Gasteiger partial charge in [-0.05, 0) is 34.7 Å². The SMILES string of the molecule is Fc1cc(I)cc(OC(F)F)c1. The average Bonchev–Trinajstić information content (AvgIpc) is 1.81. The zero-order valence-electron chi connectivity index (χ0n) is 5.73. The number of benzene rings is 1. The van der Waals surface area contributed by atoms with Crippen LogP contribution < -0.4 is 4.74 Å². The van der Waals surface area contributed by atoms with Gasteiger partial charge in [0, 0.05) is 9.64 Å². The van der Waals surface area contributed by atoms with E-state index in [1.807, 2.05) is 22.6 Å². The Kier molecular flexibility index (Phi) is 3.19. The molecule has 0 radical (unpaired) electrons. The van der Waals surface area contributed by atoms with Crippen molar-refractivity contribution in [1.29, 1.82) is 0 Å². The van der Waals surface area contributed by atoms with Crippen LogP contribution in [0.2, 0.25) is 0 Å². The van der Waals surface area contributed by atoms with Crippen molar-refractivity contribution in [2.24, 2.45) is 0 Å². The molecule has 0 saturated carbocycles. The van der Waals surface area contributed by atoms with Crippen LogP contribution in [0.5, 0.6) is 5.75 Å². The van der Waals surface area contributed by atoms with E-state index in [-0.39, 0.29) is 5.75 Å². The third kappa shape index (κ3) is 2.88. The lowest BCUT2D eigenvalue weighted by molar-refractivity contribution is -0.0500. The summed E-state index contributed by atoms with van der Waals surface area (Å²) in [6.07, 6.45) is 0. The quantitative estimate of drug-likeness (QED) is 0.760. The van der Waals surface area contributed by atoms with Gasteiger partial charge in [0.05, 0.1) is 0 Å². The van der Waals surface area contributed by atoms with Gasteiger partial charge in [0.25, 0.3) is 0 Å². The molecule has 1 rings (SSSR count). The third-order valence-corrected chi connectivity index (χ3v) is 1.68. The molecule has 1 aromatic carbocycles. The van der Waals surface area contributed by atoms with Crippen molar-refractivity contribution < 1.29 is 17.9 Å². The molecule has 1 nitrogen and oxygen atoms in total. The maximum absolute atomic E-state index is 12.5. The molecule has 0 atom stereocenters. The first-order valence-electron chi connectivity index (χ1n) is 2.99. The zero-order valence-corrected chi connectivity index (χ0v) is 7.89. The summed E-state index contributed by atoms with van der Waals surface area (Å²) in [6, 6.07) is 3.46. The standard InChI is InChI=1S/C7H4F3IO/c8-4-1-5(11)3-6(2-4)12-7(9)10/h1-3,7H. The highest BCUT2D eigenvalue weighted by Gasteiger charge is 2.05. The molecule has 0 N–H and O–H groups in total. The van der Waals surface area contributed by atoms with E-state index in [4.69, 9.17) is 0 Å². The number of halogens is 4. The van der Waals surface area contributed by atoms with Crippen LogP contribution in [0.15, 0.2) is 18.2 Å². The molecule has 0 unspecified atom stereocenters. The molecular formula is C7H4F3IO. The molecular weight excluding hydrogens is 284 g/mol. The van der Waals surface area contributed by atoms with Crippen molar-refractivity contribution in [3.8, 4) is 5.75 Å². The van der Waals surface area contributed by atoms with Crippen LogP contribution in [0.1, 0.15) is 0 Å². The van der Waals surface area contributed by atoms with E-state index in [0.29, 0.717) is 3.57 Å². The third-order valence-electron chi connectivity index (χ3n) is 1.06. The highest BCUT2D eigenvalue weighted by atomic mass is 127. The minimum absolute atomic E-state index is 0.158. The van der Waals surface area contributed by atoms with E-state index in [1.54, 1.807) is 0 Å². The smallest absolute Gasteiger partial charge is 0.387 e. The Morgan fingerprint density at radius 1 is 1.25 bits per heavy atom. The molecule has 0 bridgehead atoms. The van der Waals surface area contributed by atoms with Gasteiger partial charge in [0.15, 0.2) is 0 Å². The molecule has 0 heterocycles. The largest absolute Gasteiger partial charge is 0.435 e. The van der Waals surface area contributed by atoms with E-state index in [9.17, 15) is 13.2 Å². The number of hydrogen-bond acceptors (Lipinski definition) is 1. The maximum Gasteiger partial charge on any atom is 0.387 e. The Balaban J connectivity index is 2.85. The Bertz CT molecular complexity index is 257. The van der Waals surface area contributed by atoms with Gasteiger partial charge in [-0.3, -0.25) is 0 Å². The molecule has 66 valence electrons. The molecule has 0 aromatic heterocycles. The second-order valence-electron chi connectivity index (χ2n) is 1.98. The average molecular weight is 288 g/mol. The van der Waals surface area contributed by atoms with Crippen LogP contribution in [0.4, 0.5) is 13.2 Å². The molecule has 5 heteroatoms. The van der Waals surface area contributed by atoms with Crippen molar-refractivity contribution >= 4 is 22.6 Å². The van der Waals surface area contributed by atoms with Gasteiger partial charge in [0.1, 0.15) is 11.6 Å². The second-order valence-corrected chi connectivity index (χ2v) is 3.23. The summed E-state index contributed by atoms with van der Waals surface area (Å²) in [4.78, 5) is 0. The van der Waals surface area contributed by atoms with Crippen molar-refractivity contribution in [2.45, 2.75) is 6.61 Å². The molecule has 0 aliphatic heterocycles. The van der Waals surface area contributed by atoms with Gasteiger partial charge < -0.3 is 4.74 Å². The first-order chi connectivity index (χ1) is 5.58. The molecule has 0 saturated heterocycles. The Labute approximate surface area is 80.7 Å². The minimum atomic E-state index is -2.91. The fourth-order valence-corrected chi connectivity index (χ4v) is 1.30. The summed E-state index contributed by atoms with van der Waals surface area (Å²) in [6.45, 7) is -2.91. The summed E-state index contributed by atoms with van der Waals surface area (Å²) in [7, 11) is 0. The summed E-state index contributed by atoms with van der Waals surface area (Å²) in [5.41, 5.74) is 0. The summed E-state index contributed by atoms with van der Waals surface area (Å²) in [5, 5.41) is 0. The van der Waals surface area contributed by atoms with Crippen molar-refractivity contribution in [3.05, 3.63) is 27.6 Å². The normalized spacial score (nSPS) is 10.4. The summed E-state index contributed by atoms with van der Waals surface area (Å²) >= 11 is 1.81. The fourth-order valence-electron chi connectivity index (χ4n) is 0.699. The molecule has 0 spiro atoms. The number of rotatable bonds is 2. The van der Waals surface area contributed by atoms with Crippen molar-refractivity contribution in [2.75, 3.05) is 0 Å². The van der Waals surface area contributed by atoms with Gasteiger partial charge in [-0.2, -0.15) is 8.78 Å². The highest BCUT2D eigenvalue weighted by molar-refractivity contribution is 14.1. The number of ether oxygens (including phenoxy) is 1. The Morgan fingerprint density at radius 3 is 2.42 bits per heavy atom. The van der Waals surface area contributed by atoms with Crippen LogP contribution in [0, 0.1) is 9.39 Å². The van der Waals surface area contributed by atoms with E-state index in [0.717, 1.165) is 6.07 Å². The lowest BCUT2D eigenvalue weighted by Gasteiger charge is -2.04. The predicted octanol–water partition coefficient (Wildman–Crippen LogP) is 3.03. The zero-order chi connectivity index (χ0) is 9.14. The van der Waals surface area contributed by atoms with Crippen LogP contribution >= 0.6 is 22.6 Å². The molecule has 12 heavy (non-hydrogen) atoms. The second kappa shape index (κ2) is 3.97. The molecule has 0 aliphatic carbocycles. The highest BCUT2D eigenvalue weighted by Crippen LogP contribution is 2.19. The van der Waals surface area contributed by atoms with Gasteiger partial charge in [-0.25, -0.2) is 4.39 Å². The van der Waals surface area contributed by atoms with E-state index in [2.05, 4.69) is 4.74 Å². The monoisotopic (exact) mass is 288 g/mol. The number of alkyl halides is 2. The molecule has 0 amide bonds. The topological polar surface area (TPSA) is 9.23 Å². The minimum Gasteiger partial charge on any atom is -0.435 e. The lowest BCUT2D eigenvalue weighted by atomic mass is 10.3. The molecule has 0 aliphatic rings. The summed E-state index contributed by atoms with van der Waals surface area (Å²) in [5.74, 6) is -0.744. The molecule has 0 fully saturated rings. The first-order valence-corrected chi connectivity index (χ1v) is 4.07. The Hall–Kier alpha value is -0.460. The molecule has 1 aromatic rings. The van der Waals surface area contributed by atoms with Crippen molar-refractivity contribution in [1.82, 2.24) is 0 Å².